The first kappa shape index (κ1) is 12.5. The zero-order valence-corrected chi connectivity index (χ0v) is 10.4. The zero-order valence-electron chi connectivity index (χ0n) is 10.4. The molecular weight excluding hydrogens is 198 g/mol. The molecule has 1 aromatic rings. The maximum atomic E-state index is 11.6. The zero-order chi connectivity index (χ0) is 12.1. The molecule has 0 aromatic heterocycles. The molecule has 16 heavy (non-hydrogen) atoms. The maximum absolute atomic E-state index is 11.6. The Morgan fingerprint density at radius 2 is 1.69 bits per heavy atom. The Bertz CT molecular complexity index is 381. The predicted molar refractivity (Wildman–Crippen MR) is 67.7 cm³/mol. The Kier molecular flexibility index (Phi) is 4.29. The third kappa shape index (κ3) is 2.32. The lowest BCUT2D eigenvalue weighted by molar-refractivity contribution is -0.128. The van der Waals surface area contributed by atoms with Gasteiger partial charge in [-0.2, -0.15) is 0 Å². The fraction of sp³-hybridized carbons (Fsp3) is 0.357. The Labute approximate surface area is 97.6 Å². The molecule has 1 atom stereocenters. The summed E-state index contributed by atoms with van der Waals surface area (Å²) >= 11 is 0. The van der Waals surface area contributed by atoms with E-state index in [-0.39, 0.29) is 11.8 Å². The van der Waals surface area contributed by atoms with Crippen LogP contribution >= 0.6 is 0 Å². The summed E-state index contributed by atoms with van der Waals surface area (Å²) in [6, 6.07) is 9.99. The van der Waals surface area contributed by atoms with Crippen LogP contribution in [-0.4, -0.2) is 17.9 Å². The van der Waals surface area contributed by atoms with Gasteiger partial charge in [-0.15, -0.1) is 0 Å². The van der Waals surface area contributed by atoms with Gasteiger partial charge in [-0.25, -0.2) is 0 Å². The van der Waals surface area contributed by atoms with Crippen LogP contribution in [0.3, 0.4) is 0 Å². The molecule has 0 N–H and O–H groups in total. The van der Waals surface area contributed by atoms with Crippen LogP contribution in [0.1, 0.15) is 26.3 Å². The smallest absolute Gasteiger partial charge is 0.233 e. The first-order valence-corrected chi connectivity index (χ1v) is 5.75. The lowest BCUT2D eigenvalue weighted by Gasteiger charge is -2.14. The minimum Gasteiger partial charge on any atom is -0.315 e. The molecule has 0 saturated carbocycles. The second-order valence-electron chi connectivity index (χ2n) is 3.60. The summed E-state index contributed by atoms with van der Waals surface area (Å²) in [7, 11) is 1.82. The molecule has 1 heterocycles. The minimum absolute atomic E-state index is 0.00945. The summed E-state index contributed by atoms with van der Waals surface area (Å²) in [6.07, 6.45) is 2.01. The molecule has 0 bridgehead atoms. The van der Waals surface area contributed by atoms with Gasteiger partial charge in [0.05, 0.1) is 5.92 Å². The molecule has 0 fully saturated rings. The summed E-state index contributed by atoms with van der Waals surface area (Å²) in [4.78, 5) is 13.3. The number of nitrogens with zero attached hydrogens (tertiary/aromatic N) is 1. The van der Waals surface area contributed by atoms with Crippen molar-refractivity contribution < 1.29 is 4.79 Å². The van der Waals surface area contributed by atoms with Gasteiger partial charge in [0.25, 0.3) is 0 Å². The fourth-order valence-corrected chi connectivity index (χ4v) is 1.74. The molecule has 0 saturated heterocycles. The van der Waals surface area contributed by atoms with Crippen molar-refractivity contribution in [1.29, 1.82) is 0 Å². The van der Waals surface area contributed by atoms with Crippen LogP contribution in [-0.2, 0) is 4.79 Å². The van der Waals surface area contributed by atoms with Crippen LogP contribution in [0.4, 0.5) is 0 Å². The van der Waals surface area contributed by atoms with Crippen LogP contribution in [0.25, 0.3) is 5.70 Å². The molecule has 1 aliphatic rings. The van der Waals surface area contributed by atoms with Crippen LogP contribution in [0, 0.1) is 5.92 Å². The van der Waals surface area contributed by atoms with Crippen LogP contribution in [0.15, 0.2) is 36.4 Å². The molecular formula is C14H19NO. The van der Waals surface area contributed by atoms with Crippen molar-refractivity contribution in [2.24, 2.45) is 5.92 Å². The van der Waals surface area contributed by atoms with E-state index in [4.69, 9.17) is 0 Å². The second-order valence-corrected chi connectivity index (χ2v) is 3.60. The highest BCUT2D eigenvalue weighted by Gasteiger charge is 2.26. The molecule has 0 spiro atoms. The highest BCUT2D eigenvalue weighted by Crippen LogP contribution is 2.27. The standard InChI is InChI=1S/C12H13NO.C2H6/c1-9-8-11(13(2)12(9)14)10-6-4-3-5-7-10;1-2/h3-9H,1-2H3;1-2H3. The van der Waals surface area contributed by atoms with E-state index in [2.05, 4.69) is 0 Å². The quantitative estimate of drug-likeness (QED) is 0.707. The Hall–Kier alpha value is -1.57. The molecule has 1 aliphatic heterocycles. The van der Waals surface area contributed by atoms with E-state index < -0.39 is 0 Å². The van der Waals surface area contributed by atoms with Crippen molar-refractivity contribution in [1.82, 2.24) is 4.90 Å². The van der Waals surface area contributed by atoms with Gasteiger partial charge in [0.1, 0.15) is 0 Å². The highest BCUT2D eigenvalue weighted by atomic mass is 16.2. The molecule has 2 heteroatoms. The molecule has 2 nitrogen and oxygen atoms in total. The average molecular weight is 217 g/mol. The molecule has 1 aromatic carbocycles. The summed E-state index contributed by atoms with van der Waals surface area (Å²) in [5, 5.41) is 0. The molecule has 1 amide bonds. The van der Waals surface area contributed by atoms with Crippen molar-refractivity contribution in [3.05, 3.63) is 42.0 Å². The third-order valence-electron chi connectivity index (χ3n) is 2.56. The van der Waals surface area contributed by atoms with E-state index in [0.29, 0.717) is 0 Å². The summed E-state index contributed by atoms with van der Waals surface area (Å²) in [5.74, 6) is 0.180. The van der Waals surface area contributed by atoms with E-state index in [1.165, 1.54) is 0 Å². The second kappa shape index (κ2) is 5.50. The molecule has 2 rings (SSSR count). The largest absolute Gasteiger partial charge is 0.315 e. The topological polar surface area (TPSA) is 20.3 Å². The first-order valence-electron chi connectivity index (χ1n) is 5.75. The van der Waals surface area contributed by atoms with Gasteiger partial charge < -0.3 is 4.90 Å². The number of hydrogen-bond donors (Lipinski definition) is 0. The van der Waals surface area contributed by atoms with Gasteiger partial charge in [-0.05, 0) is 18.6 Å². The number of rotatable bonds is 1. The number of amides is 1. The Morgan fingerprint density at radius 3 is 2.12 bits per heavy atom. The number of benzene rings is 1. The predicted octanol–water partition coefficient (Wildman–Crippen LogP) is 3.16. The van der Waals surface area contributed by atoms with Crippen LogP contribution in [0.5, 0.6) is 0 Å². The van der Waals surface area contributed by atoms with Gasteiger partial charge in [0.2, 0.25) is 5.91 Å². The summed E-state index contributed by atoms with van der Waals surface area (Å²) in [6.45, 7) is 5.93. The average Bonchev–Trinajstić information content (AvgIpc) is 2.61. The van der Waals surface area contributed by atoms with E-state index in [9.17, 15) is 4.79 Å². The normalized spacial score (nSPS) is 19.0. The van der Waals surface area contributed by atoms with Gasteiger partial charge >= 0.3 is 0 Å². The highest BCUT2D eigenvalue weighted by molar-refractivity contribution is 5.94. The number of carbonyl (C=O) groups excluding carboxylic acids is 1. The summed E-state index contributed by atoms with van der Waals surface area (Å²) in [5.41, 5.74) is 2.12. The van der Waals surface area contributed by atoms with Gasteiger partial charge in [-0.3, -0.25) is 4.79 Å². The van der Waals surface area contributed by atoms with E-state index in [1.54, 1.807) is 4.90 Å². The number of hydrogen-bond acceptors (Lipinski definition) is 1. The Morgan fingerprint density at radius 1 is 1.12 bits per heavy atom. The Balaban J connectivity index is 0.000000606. The monoisotopic (exact) mass is 217 g/mol. The van der Waals surface area contributed by atoms with Crippen molar-refractivity contribution in [2.75, 3.05) is 7.05 Å². The molecule has 86 valence electrons. The van der Waals surface area contributed by atoms with Gasteiger partial charge in [0.15, 0.2) is 0 Å². The van der Waals surface area contributed by atoms with Crippen LogP contribution in [0.2, 0.25) is 0 Å². The molecule has 1 unspecified atom stereocenters. The third-order valence-corrected chi connectivity index (χ3v) is 2.56. The minimum atomic E-state index is 0.00945. The van der Waals surface area contributed by atoms with Crippen LogP contribution < -0.4 is 0 Å². The molecule has 0 aliphatic carbocycles. The number of carbonyl (C=O) groups is 1. The van der Waals surface area contributed by atoms with Crippen molar-refractivity contribution in [3.63, 3.8) is 0 Å². The lowest BCUT2D eigenvalue weighted by Crippen LogP contribution is -2.22. The van der Waals surface area contributed by atoms with E-state index >= 15 is 0 Å². The summed E-state index contributed by atoms with van der Waals surface area (Å²) < 4.78 is 0. The SMILES string of the molecule is CC.CC1C=C(c2ccccc2)N(C)C1=O. The van der Waals surface area contributed by atoms with Gasteiger partial charge in [-0.1, -0.05) is 44.2 Å². The first-order chi connectivity index (χ1) is 7.70. The van der Waals surface area contributed by atoms with Crippen molar-refractivity contribution in [3.8, 4) is 0 Å². The van der Waals surface area contributed by atoms with Crippen molar-refractivity contribution in [2.45, 2.75) is 20.8 Å². The fourth-order valence-electron chi connectivity index (χ4n) is 1.74. The van der Waals surface area contributed by atoms with E-state index in [1.807, 2.05) is 64.2 Å². The van der Waals surface area contributed by atoms with Gasteiger partial charge in [0, 0.05) is 12.7 Å². The molecule has 0 radical (unpaired) electrons. The van der Waals surface area contributed by atoms with Crippen molar-refractivity contribution >= 4 is 11.6 Å². The van der Waals surface area contributed by atoms with E-state index in [0.717, 1.165) is 11.3 Å². The maximum Gasteiger partial charge on any atom is 0.233 e. The lowest BCUT2D eigenvalue weighted by atomic mass is 10.1.